The maximum atomic E-state index is 10.1. The van der Waals surface area contributed by atoms with Crippen LogP contribution < -0.4 is 10.9 Å². The largest absolute Gasteiger partial charge is 0.308 e. The van der Waals surface area contributed by atoms with Crippen molar-refractivity contribution in [3.8, 4) is 0 Å². The Morgan fingerprint density at radius 1 is 1.38 bits per heavy atom. The van der Waals surface area contributed by atoms with Gasteiger partial charge < -0.3 is 9.69 Å². The second-order valence-corrected chi connectivity index (χ2v) is 5.02. The van der Waals surface area contributed by atoms with Crippen molar-refractivity contribution in [3.63, 3.8) is 0 Å². The lowest BCUT2D eigenvalue weighted by Gasteiger charge is -2.17. The smallest absolute Gasteiger partial charge is 0.125 e. The SMILES string of the molecule is CCC(C)(C)C=O.CNNC(C)CN(C)C. The van der Waals surface area contributed by atoms with Crippen LogP contribution >= 0.6 is 0 Å². The molecule has 0 radical (unpaired) electrons. The van der Waals surface area contributed by atoms with Crippen LogP contribution in [0.15, 0.2) is 0 Å². The summed E-state index contributed by atoms with van der Waals surface area (Å²) in [6.45, 7) is 9.06. The minimum absolute atomic E-state index is 0.0972. The van der Waals surface area contributed by atoms with Gasteiger partial charge in [0.05, 0.1) is 0 Å². The number of nitrogens with zero attached hydrogens (tertiary/aromatic N) is 1. The predicted molar refractivity (Wildman–Crippen MR) is 70.3 cm³/mol. The van der Waals surface area contributed by atoms with Gasteiger partial charge in [-0.25, -0.2) is 0 Å². The van der Waals surface area contributed by atoms with E-state index in [1.165, 1.54) is 0 Å². The molecule has 0 saturated carbocycles. The van der Waals surface area contributed by atoms with Gasteiger partial charge in [0.25, 0.3) is 0 Å². The van der Waals surface area contributed by atoms with Crippen LogP contribution in [0.25, 0.3) is 0 Å². The number of aldehydes is 1. The number of nitrogens with one attached hydrogen (secondary N) is 2. The van der Waals surface area contributed by atoms with Crippen molar-refractivity contribution < 1.29 is 4.79 Å². The van der Waals surface area contributed by atoms with Crippen molar-refractivity contribution in [2.24, 2.45) is 5.41 Å². The molecule has 0 aromatic heterocycles. The summed E-state index contributed by atoms with van der Waals surface area (Å²) >= 11 is 0. The van der Waals surface area contributed by atoms with Crippen LogP contribution in [-0.2, 0) is 4.79 Å². The van der Waals surface area contributed by atoms with E-state index in [2.05, 4.69) is 36.8 Å². The molecule has 0 aliphatic heterocycles. The summed E-state index contributed by atoms with van der Waals surface area (Å²) in [5.41, 5.74) is 5.88. The molecule has 0 amide bonds. The predicted octanol–water partition coefficient (Wildman–Crippen LogP) is 1.28. The van der Waals surface area contributed by atoms with Crippen molar-refractivity contribution in [1.29, 1.82) is 0 Å². The topological polar surface area (TPSA) is 44.4 Å². The van der Waals surface area contributed by atoms with E-state index in [0.717, 1.165) is 19.3 Å². The zero-order valence-corrected chi connectivity index (χ0v) is 11.9. The van der Waals surface area contributed by atoms with Crippen LogP contribution in [-0.4, -0.2) is 44.9 Å². The third-order valence-electron chi connectivity index (χ3n) is 2.26. The molecule has 1 unspecified atom stereocenters. The average Bonchev–Trinajstić information content (AvgIpc) is 2.18. The Bertz CT molecular complexity index is 170. The van der Waals surface area contributed by atoms with Crippen molar-refractivity contribution in [2.45, 2.75) is 40.2 Å². The van der Waals surface area contributed by atoms with E-state index in [4.69, 9.17) is 0 Å². The molecule has 0 rings (SSSR count). The van der Waals surface area contributed by atoms with Gasteiger partial charge in [0.15, 0.2) is 0 Å². The third kappa shape index (κ3) is 13.5. The highest BCUT2D eigenvalue weighted by Gasteiger charge is 2.11. The lowest BCUT2D eigenvalue weighted by molar-refractivity contribution is -0.114. The lowest BCUT2D eigenvalue weighted by Crippen LogP contribution is -2.42. The Labute approximate surface area is 101 Å². The zero-order valence-electron chi connectivity index (χ0n) is 11.9. The molecule has 4 heteroatoms. The Hall–Kier alpha value is -0.450. The van der Waals surface area contributed by atoms with Gasteiger partial charge in [-0.2, -0.15) is 0 Å². The number of carbonyl (C=O) groups excluding carboxylic acids is 1. The van der Waals surface area contributed by atoms with E-state index in [1.54, 1.807) is 0 Å². The average molecular weight is 231 g/mol. The summed E-state index contributed by atoms with van der Waals surface area (Å²) in [6, 6.07) is 0.505. The van der Waals surface area contributed by atoms with Crippen molar-refractivity contribution in [2.75, 3.05) is 27.7 Å². The van der Waals surface area contributed by atoms with Gasteiger partial charge in [-0.15, -0.1) is 0 Å². The molecular weight excluding hydrogens is 202 g/mol. The van der Waals surface area contributed by atoms with Gasteiger partial charge in [-0.1, -0.05) is 20.8 Å². The molecule has 0 bridgehead atoms. The molecule has 16 heavy (non-hydrogen) atoms. The van der Waals surface area contributed by atoms with Crippen LogP contribution in [0.2, 0.25) is 0 Å². The molecule has 0 fully saturated rings. The monoisotopic (exact) mass is 231 g/mol. The summed E-state index contributed by atoms with van der Waals surface area (Å²) in [6.07, 6.45) is 1.92. The molecule has 0 spiro atoms. The fourth-order valence-corrected chi connectivity index (χ4v) is 0.923. The first-order valence-corrected chi connectivity index (χ1v) is 5.82. The quantitative estimate of drug-likeness (QED) is 0.534. The highest BCUT2D eigenvalue weighted by atomic mass is 16.1. The van der Waals surface area contributed by atoms with Crippen LogP contribution in [0.5, 0.6) is 0 Å². The van der Waals surface area contributed by atoms with Crippen molar-refractivity contribution >= 4 is 6.29 Å². The highest BCUT2D eigenvalue weighted by Crippen LogP contribution is 2.14. The maximum Gasteiger partial charge on any atom is 0.125 e. The summed E-state index contributed by atoms with van der Waals surface area (Å²) < 4.78 is 0. The second-order valence-electron chi connectivity index (χ2n) is 5.02. The Kier molecular flexibility index (Phi) is 10.9. The number of hydrazine groups is 1. The Balaban J connectivity index is 0. The Morgan fingerprint density at radius 2 is 1.88 bits per heavy atom. The van der Waals surface area contributed by atoms with E-state index in [9.17, 15) is 4.79 Å². The number of likely N-dealkylation sites (N-methyl/N-ethyl adjacent to an activating group) is 1. The highest BCUT2D eigenvalue weighted by molar-refractivity contribution is 5.57. The van der Waals surface area contributed by atoms with E-state index >= 15 is 0 Å². The normalized spacial score (nSPS) is 13.0. The van der Waals surface area contributed by atoms with Gasteiger partial charge >= 0.3 is 0 Å². The van der Waals surface area contributed by atoms with E-state index in [-0.39, 0.29) is 5.41 Å². The van der Waals surface area contributed by atoms with E-state index < -0.39 is 0 Å². The molecule has 98 valence electrons. The molecule has 0 aromatic carbocycles. The van der Waals surface area contributed by atoms with Gasteiger partial charge in [0.2, 0.25) is 0 Å². The summed E-state index contributed by atoms with van der Waals surface area (Å²) in [5, 5.41) is 0. The molecular formula is C12H29N3O. The minimum atomic E-state index is -0.0972. The van der Waals surface area contributed by atoms with Crippen molar-refractivity contribution in [3.05, 3.63) is 0 Å². The number of hydrogen-bond acceptors (Lipinski definition) is 4. The molecule has 4 nitrogen and oxygen atoms in total. The maximum absolute atomic E-state index is 10.1. The summed E-state index contributed by atoms with van der Waals surface area (Å²) in [5.74, 6) is 0. The van der Waals surface area contributed by atoms with Crippen molar-refractivity contribution in [1.82, 2.24) is 15.8 Å². The lowest BCUT2D eigenvalue weighted by atomic mass is 9.93. The molecule has 0 aliphatic carbocycles. The number of carbonyl (C=O) groups is 1. The van der Waals surface area contributed by atoms with Crippen LogP contribution in [0, 0.1) is 5.41 Å². The first-order valence-electron chi connectivity index (χ1n) is 5.82. The second kappa shape index (κ2) is 9.75. The first-order chi connectivity index (χ1) is 7.29. The zero-order chi connectivity index (χ0) is 13.2. The minimum Gasteiger partial charge on any atom is -0.308 e. The molecule has 0 heterocycles. The molecule has 0 saturated heterocycles. The van der Waals surface area contributed by atoms with Gasteiger partial charge in [-0.05, 0) is 34.5 Å². The summed E-state index contributed by atoms with van der Waals surface area (Å²) in [7, 11) is 6.01. The Morgan fingerprint density at radius 3 is 2.06 bits per heavy atom. The fraction of sp³-hybridized carbons (Fsp3) is 0.917. The molecule has 2 N–H and O–H groups in total. The summed E-state index contributed by atoms with van der Waals surface area (Å²) in [4.78, 5) is 12.2. The van der Waals surface area contributed by atoms with Gasteiger partial charge in [-0.3, -0.25) is 10.9 Å². The third-order valence-corrected chi connectivity index (χ3v) is 2.26. The van der Waals surface area contributed by atoms with E-state index in [0.29, 0.717) is 6.04 Å². The van der Waals surface area contributed by atoms with Gasteiger partial charge in [0, 0.05) is 18.0 Å². The standard InChI is InChI=1S/C6H17N3.C6H12O/c1-6(8-7-2)5-9(3)4;1-4-6(2,3)5-7/h6-8H,5H2,1-4H3;5H,4H2,1-3H3. The molecule has 1 atom stereocenters. The molecule has 0 aromatic rings. The first kappa shape index (κ1) is 17.9. The van der Waals surface area contributed by atoms with Crippen LogP contribution in [0.1, 0.15) is 34.1 Å². The number of rotatable bonds is 6. The molecule has 0 aliphatic rings. The van der Waals surface area contributed by atoms with E-state index in [1.807, 2.05) is 27.8 Å². The fourth-order valence-electron chi connectivity index (χ4n) is 0.923. The van der Waals surface area contributed by atoms with Crippen LogP contribution in [0.4, 0.5) is 0 Å². The van der Waals surface area contributed by atoms with Crippen LogP contribution in [0.3, 0.4) is 0 Å². The number of hydrogen-bond donors (Lipinski definition) is 2. The van der Waals surface area contributed by atoms with Gasteiger partial charge in [0.1, 0.15) is 6.29 Å².